The van der Waals surface area contributed by atoms with Gasteiger partial charge in [0.05, 0.1) is 18.6 Å². The molecule has 3 heterocycles. The highest BCUT2D eigenvalue weighted by Crippen LogP contribution is 2.37. The second kappa shape index (κ2) is 7.34. The first-order valence-electron chi connectivity index (χ1n) is 9.22. The Balaban J connectivity index is 1.61. The number of nitrogen functional groups attached to an aromatic ring is 1. The average Bonchev–Trinajstić information content (AvgIpc) is 3.22. The first-order valence-corrected chi connectivity index (χ1v) is 9.22. The van der Waals surface area contributed by atoms with E-state index in [9.17, 15) is 9.59 Å². The molecular weight excluding hydrogens is 360 g/mol. The van der Waals surface area contributed by atoms with Crippen molar-refractivity contribution < 1.29 is 14.3 Å². The van der Waals surface area contributed by atoms with E-state index in [-0.39, 0.29) is 24.1 Å². The maximum absolute atomic E-state index is 12.9. The zero-order valence-corrected chi connectivity index (χ0v) is 15.6. The molecule has 2 aliphatic heterocycles. The van der Waals surface area contributed by atoms with Crippen molar-refractivity contribution in [1.82, 2.24) is 9.97 Å². The van der Waals surface area contributed by atoms with E-state index in [2.05, 4.69) is 20.6 Å². The molecule has 0 spiro atoms. The summed E-state index contributed by atoms with van der Waals surface area (Å²) < 4.78 is 5.12. The number of ether oxygens (including phenoxy) is 1. The zero-order chi connectivity index (χ0) is 19.7. The highest BCUT2D eigenvalue weighted by Gasteiger charge is 2.35. The Morgan fingerprint density at radius 2 is 1.96 bits per heavy atom. The van der Waals surface area contributed by atoms with Crippen molar-refractivity contribution in [2.75, 3.05) is 41.5 Å². The smallest absolute Gasteiger partial charge is 0.232 e. The number of carbonyl (C=O) groups excluding carboxylic acids is 2. The van der Waals surface area contributed by atoms with Crippen LogP contribution in [-0.2, 0) is 9.59 Å². The minimum Gasteiger partial charge on any atom is -0.497 e. The Morgan fingerprint density at radius 3 is 2.64 bits per heavy atom. The molecular formula is C19H22N6O3. The summed E-state index contributed by atoms with van der Waals surface area (Å²) in [4.78, 5) is 36.0. The number of rotatable bonds is 4. The maximum Gasteiger partial charge on any atom is 0.232 e. The third-order valence-electron chi connectivity index (χ3n) is 5.02. The lowest BCUT2D eigenvalue weighted by Gasteiger charge is -2.26. The predicted molar refractivity (Wildman–Crippen MR) is 106 cm³/mol. The molecule has 1 aromatic heterocycles. The number of aromatic nitrogens is 2. The lowest BCUT2D eigenvalue weighted by molar-refractivity contribution is -0.123. The van der Waals surface area contributed by atoms with Crippen LogP contribution in [0.3, 0.4) is 0 Å². The molecule has 0 radical (unpaired) electrons. The summed E-state index contributed by atoms with van der Waals surface area (Å²) in [5.41, 5.74) is 7.26. The number of nitrogens with zero attached hydrogens (tertiary/aromatic N) is 3. The van der Waals surface area contributed by atoms with Crippen molar-refractivity contribution in [2.24, 2.45) is 0 Å². The van der Waals surface area contributed by atoms with Crippen LogP contribution < -0.4 is 26.0 Å². The van der Waals surface area contributed by atoms with Gasteiger partial charge in [0.15, 0.2) is 0 Å². The van der Waals surface area contributed by atoms with Crippen LogP contribution in [0.15, 0.2) is 24.3 Å². The number of hydrogen-bond donors (Lipinski definition) is 3. The monoisotopic (exact) mass is 382 g/mol. The Bertz CT molecular complexity index is 909. The van der Waals surface area contributed by atoms with Gasteiger partial charge in [-0.05, 0) is 37.1 Å². The topological polar surface area (TPSA) is 122 Å². The Morgan fingerprint density at radius 1 is 1.25 bits per heavy atom. The number of methoxy groups -OCH3 is 1. The number of hydrogen-bond acceptors (Lipinski definition) is 7. The van der Waals surface area contributed by atoms with Crippen LogP contribution in [0.5, 0.6) is 5.75 Å². The van der Waals surface area contributed by atoms with E-state index >= 15 is 0 Å². The van der Waals surface area contributed by atoms with Crippen molar-refractivity contribution in [3.05, 3.63) is 29.8 Å². The molecule has 9 heteroatoms. The molecule has 4 N–H and O–H groups in total. The molecule has 1 fully saturated rings. The molecule has 0 aliphatic carbocycles. The zero-order valence-electron chi connectivity index (χ0n) is 15.6. The van der Waals surface area contributed by atoms with Crippen LogP contribution >= 0.6 is 0 Å². The number of nitrogens with two attached hydrogens (primary N) is 1. The van der Waals surface area contributed by atoms with Crippen molar-refractivity contribution in [3.63, 3.8) is 0 Å². The normalized spacial score (nSPS) is 18.4. The van der Waals surface area contributed by atoms with Crippen molar-refractivity contribution in [1.29, 1.82) is 0 Å². The van der Waals surface area contributed by atoms with Gasteiger partial charge < -0.3 is 26.0 Å². The van der Waals surface area contributed by atoms with Gasteiger partial charge in [-0.1, -0.05) is 0 Å². The van der Waals surface area contributed by atoms with Gasteiger partial charge in [0, 0.05) is 25.2 Å². The summed E-state index contributed by atoms with van der Waals surface area (Å²) in [7, 11) is 1.57. The van der Waals surface area contributed by atoms with E-state index in [1.807, 2.05) is 4.90 Å². The number of anilines is 4. The van der Waals surface area contributed by atoms with E-state index in [0.29, 0.717) is 28.8 Å². The van der Waals surface area contributed by atoms with Crippen molar-refractivity contribution >= 4 is 35.1 Å². The van der Waals surface area contributed by atoms with E-state index in [1.165, 1.54) is 0 Å². The molecule has 1 atom stereocenters. The Hall–Kier alpha value is -3.36. The summed E-state index contributed by atoms with van der Waals surface area (Å²) >= 11 is 0. The Labute approximate surface area is 162 Å². The van der Waals surface area contributed by atoms with E-state index in [4.69, 9.17) is 10.5 Å². The van der Waals surface area contributed by atoms with Gasteiger partial charge in [-0.2, -0.15) is 9.97 Å². The largest absolute Gasteiger partial charge is 0.497 e. The maximum atomic E-state index is 12.9. The first-order chi connectivity index (χ1) is 13.5. The highest BCUT2D eigenvalue weighted by molar-refractivity contribution is 6.05. The van der Waals surface area contributed by atoms with Crippen LogP contribution in [0, 0.1) is 0 Å². The summed E-state index contributed by atoms with van der Waals surface area (Å²) in [6, 6.07) is 6.96. The molecule has 9 nitrogen and oxygen atoms in total. The molecule has 4 rings (SSSR count). The van der Waals surface area contributed by atoms with Crippen LogP contribution in [0.2, 0.25) is 0 Å². The van der Waals surface area contributed by atoms with E-state index in [1.54, 1.807) is 31.4 Å². The predicted octanol–water partition coefficient (Wildman–Crippen LogP) is 1.73. The fourth-order valence-electron chi connectivity index (χ4n) is 3.57. The molecule has 1 aromatic carbocycles. The van der Waals surface area contributed by atoms with Gasteiger partial charge in [-0.25, -0.2) is 0 Å². The molecule has 0 bridgehead atoms. The number of carbonyl (C=O) groups is 2. The fraction of sp³-hybridized carbons (Fsp3) is 0.368. The van der Waals surface area contributed by atoms with Crippen molar-refractivity contribution in [2.45, 2.75) is 25.2 Å². The van der Waals surface area contributed by atoms with Gasteiger partial charge in [-0.15, -0.1) is 0 Å². The average molecular weight is 382 g/mol. The van der Waals surface area contributed by atoms with Gasteiger partial charge in [0.2, 0.25) is 17.8 Å². The molecule has 0 saturated carbocycles. The second-order valence-corrected chi connectivity index (χ2v) is 6.89. The SMILES string of the molecule is COc1ccc(NC(=O)C2CC(=O)Nc3nc(N4CCCC4)nc(N)c32)cc1. The van der Waals surface area contributed by atoms with Crippen LogP contribution in [0.1, 0.15) is 30.7 Å². The van der Waals surface area contributed by atoms with Crippen LogP contribution in [0.25, 0.3) is 0 Å². The standard InChI is InChI=1S/C19H22N6O3/c1-28-12-6-4-11(5-7-12)21-18(27)13-10-14(26)22-17-15(13)16(20)23-19(24-17)25-8-2-3-9-25/h4-7,13H,2-3,8-10H2,1H3,(H,21,27)(H3,20,22,23,24,26). The third kappa shape index (κ3) is 3.42. The molecule has 2 aromatic rings. The van der Waals surface area contributed by atoms with Crippen LogP contribution in [-0.4, -0.2) is 42.0 Å². The van der Waals surface area contributed by atoms with Crippen LogP contribution in [0.4, 0.5) is 23.3 Å². The van der Waals surface area contributed by atoms with Gasteiger partial charge in [0.1, 0.15) is 17.4 Å². The van der Waals surface area contributed by atoms with Gasteiger partial charge >= 0.3 is 0 Å². The number of fused-ring (bicyclic) bond motifs is 1. The van der Waals surface area contributed by atoms with Gasteiger partial charge in [0.25, 0.3) is 0 Å². The first kappa shape index (κ1) is 18.0. The molecule has 2 aliphatic rings. The Kier molecular flexibility index (Phi) is 4.72. The molecule has 1 unspecified atom stereocenters. The summed E-state index contributed by atoms with van der Waals surface area (Å²) in [6.07, 6.45) is 2.13. The molecule has 146 valence electrons. The number of benzene rings is 1. The third-order valence-corrected chi connectivity index (χ3v) is 5.02. The quantitative estimate of drug-likeness (QED) is 0.736. The molecule has 28 heavy (non-hydrogen) atoms. The summed E-state index contributed by atoms with van der Waals surface area (Å²) in [6.45, 7) is 1.71. The molecule has 1 saturated heterocycles. The summed E-state index contributed by atoms with van der Waals surface area (Å²) in [5.74, 6) is 0.372. The van der Waals surface area contributed by atoms with Gasteiger partial charge in [-0.3, -0.25) is 9.59 Å². The fourth-order valence-corrected chi connectivity index (χ4v) is 3.57. The second-order valence-electron chi connectivity index (χ2n) is 6.89. The lowest BCUT2D eigenvalue weighted by Crippen LogP contribution is -2.33. The number of amides is 2. The molecule has 2 amide bonds. The number of nitrogens with one attached hydrogen (secondary N) is 2. The van der Waals surface area contributed by atoms with E-state index < -0.39 is 5.92 Å². The minimum absolute atomic E-state index is 0.00832. The minimum atomic E-state index is -0.751. The van der Waals surface area contributed by atoms with E-state index in [0.717, 1.165) is 25.9 Å². The summed E-state index contributed by atoms with van der Waals surface area (Å²) in [5, 5.41) is 5.56. The van der Waals surface area contributed by atoms with Crippen molar-refractivity contribution in [3.8, 4) is 5.75 Å². The lowest BCUT2D eigenvalue weighted by atomic mass is 9.92. The highest BCUT2D eigenvalue weighted by atomic mass is 16.5.